The Labute approximate surface area is 119 Å². The molecule has 4 heteroatoms. The number of aliphatic hydroxyl groups excluding tert-OH is 1. The number of hydrogen-bond donors (Lipinski definition) is 3. The molecule has 0 spiro atoms. The number of aromatic nitrogens is 1. The van der Waals surface area contributed by atoms with E-state index in [0.29, 0.717) is 12.2 Å². The van der Waals surface area contributed by atoms with Gasteiger partial charge in [-0.1, -0.05) is 32.0 Å². The van der Waals surface area contributed by atoms with Crippen LogP contribution < -0.4 is 5.32 Å². The molecule has 3 N–H and O–H groups in total. The molecule has 2 aromatic rings. The van der Waals surface area contributed by atoms with Crippen molar-refractivity contribution in [2.24, 2.45) is 5.41 Å². The molecule has 0 fully saturated rings. The number of aliphatic hydroxyl groups is 1. The summed E-state index contributed by atoms with van der Waals surface area (Å²) in [5.74, 6) is -0.0849. The largest absolute Gasteiger partial charge is 0.396 e. The van der Waals surface area contributed by atoms with Gasteiger partial charge in [0, 0.05) is 24.1 Å². The van der Waals surface area contributed by atoms with Gasteiger partial charge < -0.3 is 15.4 Å². The SMILES string of the molecule is CC(C)(CCCO)CNC(=O)c1cc2ccccc2[nH]1. The molecule has 1 heterocycles. The summed E-state index contributed by atoms with van der Waals surface area (Å²) in [6, 6.07) is 9.70. The highest BCUT2D eigenvalue weighted by molar-refractivity contribution is 5.97. The zero-order chi connectivity index (χ0) is 14.6. The Hall–Kier alpha value is -1.81. The maximum atomic E-state index is 12.1. The maximum absolute atomic E-state index is 12.1. The lowest BCUT2D eigenvalue weighted by molar-refractivity contribution is 0.0929. The van der Waals surface area contributed by atoms with Crippen LogP contribution in [0.5, 0.6) is 0 Å². The first-order chi connectivity index (χ1) is 9.52. The van der Waals surface area contributed by atoms with Crippen molar-refractivity contribution in [3.05, 3.63) is 36.0 Å². The topological polar surface area (TPSA) is 65.1 Å². The van der Waals surface area contributed by atoms with Crippen LogP contribution in [0.1, 0.15) is 37.2 Å². The predicted molar refractivity (Wildman–Crippen MR) is 80.7 cm³/mol. The molecule has 4 nitrogen and oxygen atoms in total. The maximum Gasteiger partial charge on any atom is 0.267 e. The fourth-order valence-electron chi connectivity index (χ4n) is 2.26. The van der Waals surface area contributed by atoms with Gasteiger partial charge in [0.25, 0.3) is 5.91 Å². The van der Waals surface area contributed by atoms with Crippen LogP contribution in [-0.4, -0.2) is 29.1 Å². The van der Waals surface area contributed by atoms with Crippen molar-refractivity contribution in [1.29, 1.82) is 0 Å². The van der Waals surface area contributed by atoms with Crippen LogP contribution in [0.3, 0.4) is 0 Å². The van der Waals surface area contributed by atoms with E-state index >= 15 is 0 Å². The first-order valence-corrected chi connectivity index (χ1v) is 6.99. The molecule has 108 valence electrons. The third-order valence-electron chi connectivity index (χ3n) is 3.51. The summed E-state index contributed by atoms with van der Waals surface area (Å²) in [6.07, 6.45) is 1.64. The minimum absolute atomic E-state index is 0.00952. The number of amides is 1. The normalized spacial score (nSPS) is 11.8. The second-order valence-electron chi connectivity index (χ2n) is 5.94. The number of hydrogen-bond acceptors (Lipinski definition) is 2. The van der Waals surface area contributed by atoms with Crippen LogP contribution in [0.4, 0.5) is 0 Å². The van der Waals surface area contributed by atoms with Crippen LogP contribution in [0.15, 0.2) is 30.3 Å². The number of carbonyl (C=O) groups is 1. The van der Waals surface area contributed by atoms with E-state index in [1.807, 2.05) is 30.3 Å². The molecule has 20 heavy (non-hydrogen) atoms. The van der Waals surface area contributed by atoms with Crippen molar-refractivity contribution >= 4 is 16.8 Å². The van der Waals surface area contributed by atoms with E-state index in [4.69, 9.17) is 5.11 Å². The smallest absolute Gasteiger partial charge is 0.267 e. The molecular formula is C16H22N2O2. The molecule has 0 unspecified atom stereocenters. The number of aromatic amines is 1. The van der Waals surface area contributed by atoms with E-state index in [1.165, 1.54) is 0 Å². The summed E-state index contributed by atoms with van der Waals surface area (Å²) in [7, 11) is 0. The van der Waals surface area contributed by atoms with Crippen molar-refractivity contribution < 1.29 is 9.90 Å². The van der Waals surface area contributed by atoms with Crippen LogP contribution in [0.25, 0.3) is 10.9 Å². The summed E-state index contributed by atoms with van der Waals surface area (Å²) in [5, 5.41) is 12.9. The molecule has 0 atom stereocenters. The van der Waals surface area contributed by atoms with Crippen LogP contribution in [-0.2, 0) is 0 Å². The molecule has 0 saturated carbocycles. The van der Waals surface area contributed by atoms with Gasteiger partial charge in [-0.2, -0.15) is 0 Å². The van der Waals surface area contributed by atoms with Crippen molar-refractivity contribution in [1.82, 2.24) is 10.3 Å². The van der Waals surface area contributed by atoms with Gasteiger partial charge in [0.15, 0.2) is 0 Å². The van der Waals surface area contributed by atoms with Gasteiger partial charge in [-0.15, -0.1) is 0 Å². The van der Waals surface area contributed by atoms with Gasteiger partial charge in [-0.25, -0.2) is 0 Å². The van der Waals surface area contributed by atoms with E-state index in [2.05, 4.69) is 24.1 Å². The minimum atomic E-state index is -0.0849. The number of benzene rings is 1. The second-order valence-corrected chi connectivity index (χ2v) is 5.94. The van der Waals surface area contributed by atoms with Gasteiger partial charge in [-0.05, 0) is 30.4 Å². The molecule has 0 saturated heterocycles. The van der Waals surface area contributed by atoms with E-state index in [0.717, 1.165) is 23.7 Å². The first-order valence-electron chi connectivity index (χ1n) is 6.99. The monoisotopic (exact) mass is 274 g/mol. The molecule has 2 rings (SSSR count). The molecule has 1 aromatic heterocycles. The van der Waals surface area contributed by atoms with Crippen LogP contribution in [0, 0.1) is 5.41 Å². The average molecular weight is 274 g/mol. The summed E-state index contributed by atoms with van der Waals surface area (Å²) in [6.45, 7) is 4.98. The van der Waals surface area contributed by atoms with E-state index in [9.17, 15) is 4.79 Å². The number of para-hydroxylation sites is 1. The highest BCUT2D eigenvalue weighted by Crippen LogP contribution is 2.21. The Bertz CT molecular complexity index is 554. The fourth-order valence-corrected chi connectivity index (χ4v) is 2.26. The minimum Gasteiger partial charge on any atom is -0.396 e. The Kier molecular flexibility index (Phi) is 4.45. The summed E-state index contributed by atoms with van der Waals surface area (Å²) in [4.78, 5) is 15.3. The molecule has 0 aliphatic carbocycles. The zero-order valence-electron chi connectivity index (χ0n) is 12.1. The predicted octanol–water partition coefficient (Wildman–Crippen LogP) is 2.70. The highest BCUT2D eigenvalue weighted by atomic mass is 16.2. The highest BCUT2D eigenvalue weighted by Gasteiger charge is 2.19. The van der Waals surface area contributed by atoms with Crippen molar-refractivity contribution in [3.8, 4) is 0 Å². The summed E-state index contributed by atoms with van der Waals surface area (Å²) >= 11 is 0. The van der Waals surface area contributed by atoms with Crippen molar-refractivity contribution in [2.45, 2.75) is 26.7 Å². The molecule has 1 aromatic carbocycles. The van der Waals surface area contributed by atoms with Crippen LogP contribution >= 0.6 is 0 Å². The molecule has 0 aliphatic rings. The Balaban J connectivity index is 1.98. The van der Waals surface area contributed by atoms with Crippen LogP contribution in [0.2, 0.25) is 0 Å². The van der Waals surface area contributed by atoms with E-state index < -0.39 is 0 Å². The lowest BCUT2D eigenvalue weighted by atomic mass is 9.88. The zero-order valence-corrected chi connectivity index (χ0v) is 12.1. The number of fused-ring (bicyclic) bond motifs is 1. The Morgan fingerprint density at radius 3 is 2.80 bits per heavy atom. The van der Waals surface area contributed by atoms with Crippen molar-refractivity contribution in [2.75, 3.05) is 13.2 Å². The Morgan fingerprint density at radius 2 is 2.10 bits per heavy atom. The fraction of sp³-hybridized carbons (Fsp3) is 0.438. The van der Waals surface area contributed by atoms with E-state index in [1.54, 1.807) is 0 Å². The van der Waals surface area contributed by atoms with Gasteiger partial charge in [0.2, 0.25) is 0 Å². The van der Waals surface area contributed by atoms with E-state index in [-0.39, 0.29) is 17.9 Å². The van der Waals surface area contributed by atoms with Gasteiger partial charge in [0.05, 0.1) is 0 Å². The molecule has 0 aliphatic heterocycles. The molecule has 0 bridgehead atoms. The lowest BCUT2D eigenvalue weighted by Crippen LogP contribution is -2.34. The second kappa shape index (κ2) is 6.09. The van der Waals surface area contributed by atoms with Gasteiger partial charge in [-0.3, -0.25) is 4.79 Å². The first kappa shape index (κ1) is 14.6. The third kappa shape index (κ3) is 3.61. The molecule has 1 amide bonds. The lowest BCUT2D eigenvalue weighted by Gasteiger charge is -2.24. The summed E-state index contributed by atoms with van der Waals surface area (Å²) in [5.41, 5.74) is 1.55. The number of nitrogens with one attached hydrogen (secondary N) is 2. The number of H-pyrrole nitrogens is 1. The third-order valence-corrected chi connectivity index (χ3v) is 3.51. The number of carbonyl (C=O) groups excluding carboxylic acids is 1. The summed E-state index contributed by atoms with van der Waals surface area (Å²) < 4.78 is 0. The quantitative estimate of drug-likeness (QED) is 0.758. The van der Waals surface area contributed by atoms with Gasteiger partial charge in [0.1, 0.15) is 5.69 Å². The molecule has 0 radical (unpaired) electrons. The number of rotatable bonds is 6. The van der Waals surface area contributed by atoms with Gasteiger partial charge >= 0.3 is 0 Å². The average Bonchev–Trinajstić information content (AvgIpc) is 2.86. The Morgan fingerprint density at radius 1 is 1.35 bits per heavy atom. The standard InChI is InChI=1S/C16H22N2O2/c1-16(2,8-5-9-19)11-17-15(20)14-10-12-6-3-4-7-13(12)18-14/h3-4,6-7,10,18-19H,5,8-9,11H2,1-2H3,(H,17,20). The van der Waals surface area contributed by atoms with Crippen molar-refractivity contribution in [3.63, 3.8) is 0 Å². The molecular weight excluding hydrogens is 252 g/mol.